The molecule has 0 unspecified atom stereocenters. The number of nitrogens with one attached hydrogen (secondary N) is 1. The van der Waals surface area contributed by atoms with E-state index in [-0.39, 0.29) is 17.9 Å². The standard InChI is InChI=1S/C17H21N5O3/c1-25-17(24)21-7-3-5-14(10-21)16(23)20-15-6-2-4-13(8-15)9-22-12-18-11-19-22/h2,4,6,8,11-12,14H,3,5,7,9-10H2,1H3,(H,20,23)/t14-/m1/s1. The van der Waals surface area contributed by atoms with E-state index < -0.39 is 0 Å². The van der Waals surface area contributed by atoms with Gasteiger partial charge in [0.1, 0.15) is 12.7 Å². The van der Waals surface area contributed by atoms with Crippen LogP contribution < -0.4 is 5.32 Å². The van der Waals surface area contributed by atoms with Crippen LogP contribution in [0.15, 0.2) is 36.9 Å². The second-order valence-corrected chi connectivity index (χ2v) is 6.04. The van der Waals surface area contributed by atoms with Gasteiger partial charge < -0.3 is 15.0 Å². The lowest BCUT2D eigenvalue weighted by atomic mass is 9.97. The van der Waals surface area contributed by atoms with Gasteiger partial charge in [0.05, 0.1) is 19.6 Å². The molecule has 0 bridgehead atoms. The number of amides is 2. The summed E-state index contributed by atoms with van der Waals surface area (Å²) in [6.07, 6.45) is 4.31. The van der Waals surface area contributed by atoms with Gasteiger partial charge in [0.2, 0.25) is 5.91 Å². The van der Waals surface area contributed by atoms with Crippen molar-refractivity contribution in [3.05, 3.63) is 42.5 Å². The Morgan fingerprint density at radius 1 is 1.40 bits per heavy atom. The monoisotopic (exact) mass is 343 g/mol. The fourth-order valence-corrected chi connectivity index (χ4v) is 2.98. The van der Waals surface area contributed by atoms with E-state index in [9.17, 15) is 9.59 Å². The Balaban J connectivity index is 1.61. The number of hydrogen-bond donors (Lipinski definition) is 1. The topological polar surface area (TPSA) is 89.4 Å². The fraction of sp³-hybridized carbons (Fsp3) is 0.412. The van der Waals surface area contributed by atoms with Crippen molar-refractivity contribution < 1.29 is 14.3 Å². The molecule has 1 aliphatic rings. The quantitative estimate of drug-likeness (QED) is 0.913. The van der Waals surface area contributed by atoms with Crippen molar-refractivity contribution in [3.63, 3.8) is 0 Å². The van der Waals surface area contributed by atoms with Crippen molar-refractivity contribution in [1.82, 2.24) is 19.7 Å². The van der Waals surface area contributed by atoms with E-state index in [1.807, 2.05) is 24.3 Å². The zero-order valence-corrected chi connectivity index (χ0v) is 14.1. The zero-order chi connectivity index (χ0) is 17.6. The summed E-state index contributed by atoms with van der Waals surface area (Å²) in [5.41, 5.74) is 1.75. The Morgan fingerprint density at radius 3 is 3.04 bits per heavy atom. The first-order valence-electron chi connectivity index (χ1n) is 8.21. The number of benzene rings is 1. The molecule has 8 nitrogen and oxygen atoms in total. The van der Waals surface area contributed by atoms with Crippen LogP contribution in [0.1, 0.15) is 18.4 Å². The van der Waals surface area contributed by atoms with Gasteiger partial charge in [0.15, 0.2) is 0 Å². The van der Waals surface area contributed by atoms with E-state index >= 15 is 0 Å². The van der Waals surface area contributed by atoms with Crippen molar-refractivity contribution in [1.29, 1.82) is 0 Å². The summed E-state index contributed by atoms with van der Waals surface area (Å²) < 4.78 is 6.46. The summed E-state index contributed by atoms with van der Waals surface area (Å²) in [5, 5.41) is 7.02. The summed E-state index contributed by atoms with van der Waals surface area (Å²) in [6.45, 7) is 1.60. The molecule has 2 amide bonds. The van der Waals surface area contributed by atoms with Crippen molar-refractivity contribution in [3.8, 4) is 0 Å². The van der Waals surface area contributed by atoms with Crippen LogP contribution in [0.2, 0.25) is 0 Å². The maximum atomic E-state index is 12.5. The Kier molecular flexibility index (Phi) is 5.27. The van der Waals surface area contributed by atoms with E-state index in [0.717, 1.165) is 24.1 Å². The molecular formula is C17H21N5O3. The van der Waals surface area contributed by atoms with E-state index in [2.05, 4.69) is 15.4 Å². The molecule has 132 valence electrons. The maximum Gasteiger partial charge on any atom is 0.409 e. The number of methoxy groups -OCH3 is 1. The molecule has 0 spiro atoms. The summed E-state index contributed by atoms with van der Waals surface area (Å²) in [4.78, 5) is 29.7. The number of hydrogen-bond acceptors (Lipinski definition) is 5. The molecule has 1 aliphatic heterocycles. The van der Waals surface area contributed by atoms with Crippen molar-refractivity contribution in [2.45, 2.75) is 19.4 Å². The number of aromatic nitrogens is 3. The van der Waals surface area contributed by atoms with Gasteiger partial charge in [0, 0.05) is 18.8 Å². The predicted octanol–water partition coefficient (Wildman–Crippen LogP) is 1.74. The normalized spacial score (nSPS) is 17.2. The summed E-state index contributed by atoms with van der Waals surface area (Å²) in [6, 6.07) is 7.63. The highest BCUT2D eigenvalue weighted by Gasteiger charge is 2.28. The number of carbonyl (C=O) groups is 2. The van der Waals surface area contributed by atoms with Crippen LogP contribution >= 0.6 is 0 Å². The van der Waals surface area contributed by atoms with Gasteiger partial charge in [-0.1, -0.05) is 12.1 Å². The smallest absolute Gasteiger partial charge is 0.409 e. The molecule has 1 saturated heterocycles. The van der Waals surface area contributed by atoms with Crippen LogP contribution in [-0.2, 0) is 16.1 Å². The molecule has 1 fully saturated rings. The number of piperidine rings is 1. The van der Waals surface area contributed by atoms with E-state index in [0.29, 0.717) is 19.6 Å². The lowest BCUT2D eigenvalue weighted by molar-refractivity contribution is -0.121. The third-order valence-corrected chi connectivity index (χ3v) is 4.23. The highest BCUT2D eigenvalue weighted by Crippen LogP contribution is 2.20. The third kappa shape index (κ3) is 4.34. The van der Waals surface area contributed by atoms with Crippen LogP contribution in [0.3, 0.4) is 0 Å². The maximum absolute atomic E-state index is 12.5. The molecule has 0 radical (unpaired) electrons. The van der Waals surface area contributed by atoms with Crippen molar-refractivity contribution >= 4 is 17.7 Å². The number of nitrogens with zero attached hydrogens (tertiary/aromatic N) is 4. The van der Waals surface area contributed by atoms with Crippen LogP contribution in [0.4, 0.5) is 10.5 Å². The minimum Gasteiger partial charge on any atom is -0.453 e. The van der Waals surface area contributed by atoms with Gasteiger partial charge in [-0.25, -0.2) is 14.5 Å². The average molecular weight is 343 g/mol. The lowest BCUT2D eigenvalue weighted by Crippen LogP contribution is -2.43. The second kappa shape index (κ2) is 7.78. The molecular weight excluding hydrogens is 322 g/mol. The van der Waals surface area contributed by atoms with Gasteiger partial charge in [-0.15, -0.1) is 0 Å². The van der Waals surface area contributed by atoms with Crippen LogP contribution in [0.5, 0.6) is 0 Å². The van der Waals surface area contributed by atoms with Gasteiger partial charge >= 0.3 is 6.09 Å². The van der Waals surface area contributed by atoms with Gasteiger partial charge in [0.25, 0.3) is 0 Å². The number of ether oxygens (including phenoxy) is 1. The summed E-state index contributed by atoms with van der Waals surface area (Å²) in [5.74, 6) is -0.307. The molecule has 1 N–H and O–H groups in total. The van der Waals surface area contributed by atoms with Crippen LogP contribution in [0.25, 0.3) is 0 Å². The molecule has 1 aromatic heterocycles. The van der Waals surface area contributed by atoms with E-state index in [4.69, 9.17) is 4.74 Å². The molecule has 1 aromatic carbocycles. The highest BCUT2D eigenvalue weighted by atomic mass is 16.5. The van der Waals surface area contributed by atoms with Gasteiger partial charge in [-0.2, -0.15) is 5.10 Å². The zero-order valence-electron chi connectivity index (χ0n) is 14.1. The van der Waals surface area contributed by atoms with Crippen molar-refractivity contribution in [2.24, 2.45) is 5.92 Å². The van der Waals surface area contributed by atoms with E-state index in [1.165, 1.54) is 13.4 Å². The first kappa shape index (κ1) is 16.9. The fourth-order valence-electron chi connectivity index (χ4n) is 2.98. The summed E-state index contributed by atoms with van der Waals surface area (Å²) >= 11 is 0. The predicted molar refractivity (Wildman–Crippen MR) is 90.9 cm³/mol. The lowest BCUT2D eigenvalue weighted by Gasteiger charge is -2.30. The summed E-state index contributed by atoms with van der Waals surface area (Å²) in [7, 11) is 1.35. The number of carbonyl (C=O) groups excluding carboxylic acids is 2. The molecule has 0 saturated carbocycles. The SMILES string of the molecule is COC(=O)N1CCC[C@@H](C(=O)Nc2cccc(Cn3cncn3)c2)C1. The highest BCUT2D eigenvalue weighted by molar-refractivity contribution is 5.93. The Labute approximate surface area is 145 Å². The number of likely N-dealkylation sites (tertiary alicyclic amines) is 1. The first-order chi connectivity index (χ1) is 12.2. The van der Waals surface area contributed by atoms with Crippen LogP contribution in [-0.4, -0.2) is 51.9 Å². The van der Waals surface area contributed by atoms with Gasteiger partial charge in [-0.3, -0.25) is 4.79 Å². The molecule has 1 atom stereocenters. The minimum absolute atomic E-state index is 0.0773. The average Bonchev–Trinajstić information content (AvgIpc) is 3.14. The second-order valence-electron chi connectivity index (χ2n) is 6.04. The Bertz CT molecular complexity index is 732. The molecule has 2 aromatic rings. The Morgan fingerprint density at radius 2 is 2.28 bits per heavy atom. The van der Waals surface area contributed by atoms with E-state index in [1.54, 1.807) is 15.9 Å². The molecule has 8 heteroatoms. The Hall–Kier alpha value is -2.90. The molecule has 2 heterocycles. The van der Waals surface area contributed by atoms with Gasteiger partial charge in [-0.05, 0) is 30.5 Å². The first-order valence-corrected chi connectivity index (χ1v) is 8.21. The largest absolute Gasteiger partial charge is 0.453 e. The molecule has 0 aliphatic carbocycles. The van der Waals surface area contributed by atoms with Crippen LogP contribution in [0, 0.1) is 5.92 Å². The number of anilines is 1. The molecule has 3 rings (SSSR count). The minimum atomic E-state index is -0.382. The third-order valence-electron chi connectivity index (χ3n) is 4.23. The number of rotatable bonds is 4. The van der Waals surface area contributed by atoms with Crippen molar-refractivity contribution in [2.75, 3.05) is 25.5 Å². The molecule has 25 heavy (non-hydrogen) atoms.